The van der Waals surface area contributed by atoms with Gasteiger partial charge in [0.25, 0.3) is 5.91 Å². The Labute approximate surface area is 118 Å². The van der Waals surface area contributed by atoms with Gasteiger partial charge in [-0.25, -0.2) is 0 Å². The molecule has 2 nitrogen and oxygen atoms in total. The number of rotatable bonds is 2. The molecular formula is C14H17Cl2NO. The van der Waals surface area contributed by atoms with Gasteiger partial charge < -0.3 is 4.90 Å². The van der Waals surface area contributed by atoms with Crippen LogP contribution in [0.15, 0.2) is 18.2 Å². The summed E-state index contributed by atoms with van der Waals surface area (Å²) in [7, 11) is 1.87. The number of hydrogen-bond acceptors (Lipinski definition) is 1. The van der Waals surface area contributed by atoms with Gasteiger partial charge in [0, 0.05) is 28.7 Å². The highest BCUT2D eigenvalue weighted by atomic mass is 35.5. The van der Waals surface area contributed by atoms with Crippen LogP contribution >= 0.6 is 23.2 Å². The number of amides is 1. The highest BCUT2D eigenvalue weighted by Gasteiger charge is 2.23. The molecule has 0 saturated heterocycles. The normalized spacial score (nSPS) is 16.6. The number of carbonyl (C=O) groups excluding carboxylic acids is 1. The number of benzene rings is 1. The smallest absolute Gasteiger partial charge is 0.253 e. The summed E-state index contributed by atoms with van der Waals surface area (Å²) in [6.07, 6.45) is 5.88. The van der Waals surface area contributed by atoms with E-state index in [2.05, 4.69) is 0 Å². The van der Waals surface area contributed by atoms with Crippen molar-refractivity contribution in [3.8, 4) is 0 Å². The van der Waals surface area contributed by atoms with Gasteiger partial charge in [-0.2, -0.15) is 0 Å². The van der Waals surface area contributed by atoms with E-state index >= 15 is 0 Å². The van der Waals surface area contributed by atoms with E-state index in [1.54, 1.807) is 18.2 Å². The predicted molar refractivity (Wildman–Crippen MR) is 75.4 cm³/mol. The zero-order chi connectivity index (χ0) is 13.1. The van der Waals surface area contributed by atoms with Crippen LogP contribution in [0, 0.1) is 0 Å². The molecule has 0 aromatic heterocycles. The minimum absolute atomic E-state index is 0.00583. The summed E-state index contributed by atoms with van der Waals surface area (Å²) in [5.41, 5.74) is 0.570. The predicted octanol–water partition coefficient (Wildman–Crippen LogP) is 4.40. The molecule has 4 heteroatoms. The van der Waals surface area contributed by atoms with Crippen LogP contribution in [0.1, 0.15) is 42.5 Å². The first-order valence-corrected chi connectivity index (χ1v) is 7.07. The van der Waals surface area contributed by atoms with Gasteiger partial charge in [-0.3, -0.25) is 4.79 Å². The van der Waals surface area contributed by atoms with Gasteiger partial charge in [0.15, 0.2) is 0 Å². The molecule has 1 aliphatic carbocycles. The molecule has 1 aromatic rings. The lowest BCUT2D eigenvalue weighted by atomic mass is 9.94. The average Bonchev–Trinajstić information content (AvgIpc) is 2.37. The van der Waals surface area contributed by atoms with Crippen LogP contribution in [-0.4, -0.2) is 23.9 Å². The van der Waals surface area contributed by atoms with Crippen LogP contribution < -0.4 is 0 Å². The second-order valence-electron chi connectivity index (χ2n) is 4.87. The van der Waals surface area contributed by atoms with Crippen molar-refractivity contribution in [1.29, 1.82) is 0 Å². The zero-order valence-corrected chi connectivity index (χ0v) is 12.0. The summed E-state index contributed by atoms with van der Waals surface area (Å²) in [6.45, 7) is 0. The molecule has 0 aliphatic heterocycles. The first-order valence-electron chi connectivity index (χ1n) is 6.31. The molecule has 2 rings (SSSR count). The van der Waals surface area contributed by atoms with E-state index < -0.39 is 0 Å². The van der Waals surface area contributed by atoms with Gasteiger partial charge in [-0.1, -0.05) is 42.5 Å². The molecule has 0 heterocycles. The van der Waals surface area contributed by atoms with Crippen LogP contribution in [0.5, 0.6) is 0 Å². The van der Waals surface area contributed by atoms with Gasteiger partial charge in [0.1, 0.15) is 0 Å². The maximum atomic E-state index is 12.4. The highest BCUT2D eigenvalue weighted by molar-refractivity contribution is 6.35. The number of carbonyl (C=O) groups is 1. The fourth-order valence-corrected chi connectivity index (χ4v) is 3.04. The Hall–Kier alpha value is -0.730. The molecular weight excluding hydrogens is 269 g/mol. The fourth-order valence-electron chi connectivity index (χ4n) is 2.52. The number of hydrogen-bond donors (Lipinski definition) is 0. The second-order valence-corrected chi connectivity index (χ2v) is 5.74. The maximum absolute atomic E-state index is 12.4. The van der Waals surface area contributed by atoms with Gasteiger partial charge in [-0.05, 0) is 31.0 Å². The Morgan fingerprint density at radius 2 is 1.67 bits per heavy atom. The first kappa shape index (κ1) is 13.7. The van der Waals surface area contributed by atoms with Crippen LogP contribution in [-0.2, 0) is 0 Å². The molecule has 1 saturated carbocycles. The third-order valence-corrected chi connectivity index (χ3v) is 3.99. The maximum Gasteiger partial charge on any atom is 0.253 e. The van der Waals surface area contributed by atoms with Crippen molar-refractivity contribution in [3.63, 3.8) is 0 Å². The summed E-state index contributed by atoms with van der Waals surface area (Å²) < 4.78 is 0. The average molecular weight is 286 g/mol. The topological polar surface area (TPSA) is 20.3 Å². The van der Waals surface area contributed by atoms with Gasteiger partial charge >= 0.3 is 0 Å². The van der Waals surface area contributed by atoms with Gasteiger partial charge in [-0.15, -0.1) is 0 Å². The zero-order valence-electron chi connectivity index (χ0n) is 10.5. The van der Waals surface area contributed by atoms with Crippen molar-refractivity contribution in [1.82, 2.24) is 4.90 Å². The summed E-state index contributed by atoms with van der Waals surface area (Å²) >= 11 is 11.9. The van der Waals surface area contributed by atoms with E-state index in [0.29, 0.717) is 21.7 Å². The van der Waals surface area contributed by atoms with E-state index in [1.807, 2.05) is 11.9 Å². The van der Waals surface area contributed by atoms with E-state index in [9.17, 15) is 4.79 Å². The monoisotopic (exact) mass is 285 g/mol. The number of halogens is 2. The van der Waals surface area contributed by atoms with E-state index in [4.69, 9.17) is 23.2 Å². The van der Waals surface area contributed by atoms with E-state index in [0.717, 1.165) is 12.8 Å². The molecule has 98 valence electrons. The Kier molecular flexibility index (Phi) is 4.52. The van der Waals surface area contributed by atoms with Crippen molar-refractivity contribution < 1.29 is 4.79 Å². The molecule has 0 bridgehead atoms. The lowest BCUT2D eigenvalue weighted by Crippen LogP contribution is -2.38. The van der Waals surface area contributed by atoms with Crippen molar-refractivity contribution in [2.45, 2.75) is 38.1 Å². The lowest BCUT2D eigenvalue weighted by molar-refractivity contribution is 0.0696. The molecule has 1 aliphatic rings. The fraction of sp³-hybridized carbons (Fsp3) is 0.500. The van der Waals surface area contributed by atoms with Crippen LogP contribution in [0.4, 0.5) is 0 Å². The molecule has 0 spiro atoms. The Bertz CT molecular complexity index is 421. The summed E-state index contributed by atoms with van der Waals surface area (Å²) in [5.74, 6) is 0.00583. The molecule has 0 atom stereocenters. The third kappa shape index (κ3) is 3.18. The molecule has 0 radical (unpaired) electrons. The molecule has 1 aromatic carbocycles. The van der Waals surface area contributed by atoms with Crippen molar-refractivity contribution in [2.75, 3.05) is 7.05 Å². The van der Waals surface area contributed by atoms with Crippen molar-refractivity contribution >= 4 is 29.1 Å². The first-order chi connectivity index (χ1) is 8.58. The molecule has 18 heavy (non-hydrogen) atoms. The largest absolute Gasteiger partial charge is 0.339 e. The minimum Gasteiger partial charge on any atom is -0.339 e. The van der Waals surface area contributed by atoms with Crippen molar-refractivity contribution in [3.05, 3.63) is 33.8 Å². The standard InChI is InChI=1S/C14H17Cl2NO/c1-17(13-5-3-2-4-6-13)14(18)10-7-11(15)9-12(16)8-10/h7-9,13H,2-6H2,1H3. The van der Waals surface area contributed by atoms with Crippen LogP contribution in [0.25, 0.3) is 0 Å². The molecule has 1 fully saturated rings. The summed E-state index contributed by atoms with van der Waals surface area (Å²) in [5, 5.41) is 1.01. The van der Waals surface area contributed by atoms with Crippen molar-refractivity contribution in [2.24, 2.45) is 0 Å². The third-order valence-electron chi connectivity index (χ3n) is 3.55. The van der Waals surface area contributed by atoms with Crippen LogP contribution in [0.3, 0.4) is 0 Å². The second kappa shape index (κ2) is 5.94. The minimum atomic E-state index is 0.00583. The Morgan fingerprint density at radius 3 is 2.22 bits per heavy atom. The molecule has 1 amide bonds. The summed E-state index contributed by atoms with van der Waals surface area (Å²) in [6, 6.07) is 5.34. The lowest BCUT2D eigenvalue weighted by Gasteiger charge is -2.31. The molecule has 0 unspecified atom stereocenters. The highest BCUT2D eigenvalue weighted by Crippen LogP contribution is 2.25. The Morgan fingerprint density at radius 1 is 1.11 bits per heavy atom. The van der Waals surface area contributed by atoms with Gasteiger partial charge in [0.2, 0.25) is 0 Å². The van der Waals surface area contributed by atoms with E-state index in [1.165, 1.54) is 19.3 Å². The van der Waals surface area contributed by atoms with Gasteiger partial charge in [0.05, 0.1) is 0 Å². The molecule has 0 N–H and O–H groups in total. The SMILES string of the molecule is CN(C(=O)c1cc(Cl)cc(Cl)c1)C1CCCCC1. The quantitative estimate of drug-likeness (QED) is 0.789. The summed E-state index contributed by atoms with van der Waals surface area (Å²) in [4.78, 5) is 14.2. The van der Waals surface area contributed by atoms with E-state index in [-0.39, 0.29) is 5.91 Å². The number of nitrogens with zero attached hydrogens (tertiary/aromatic N) is 1. The Balaban J connectivity index is 2.14. The van der Waals surface area contributed by atoms with Crippen LogP contribution in [0.2, 0.25) is 10.0 Å².